The molecule has 1 N–H and O–H groups in total. The third kappa shape index (κ3) is 4.06. The molecule has 0 saturated heterocycles. The zero-order valence-corrected chi connectivity index (χ0v) is 15.4. The Morgan fingerprint density at radius 2 is 1.96 bits per heavy atom. The van der Waals surface area contributed by atoms with E-state index in [0.29, 0.717) is 10.8 Å². The average molecular weight is 370 g/mol. The maximum absolute atomic E-state index is 12.7. The summed E-state index contributed by atoms with van der Waals surface area (Å²) in [5.41, 5.74) is 1.75. The van der Waals surface area contributed by atoms with E-state index in [-0.39, 0.29) is 12.3 Å². The van der Waals surface area contributed by atoms with E-state index in [0.717, 1.165) is 17.0 Å². The van der Waals surface area contributed by atoms with Gasteiger partial charge in [-0.15, -0.1) is 0 Å². The molecule has 0 bridgehead atoms. The van der Waals surface area contributed by atoms with Crippen molar-refractivity contribution in [2.75, 3.05) is 7.11 Å². The molecule has 0 fully saturated rings. The van der Waals surface area contributed by atoms with Gasteiger partial charge in [0.05, 0.1) is 13.5 Å². The molecule has 0 aliphatic rings. The van der Waals surface area contributed by atoms with Crippen LogP contribution in [0.1, 0.15) is 23.0 Å². The number of amides is 1. The molecule has 1 heterocycles. The maximum atomic E-state index is 12.7. The molecule has 0 aliphatic carbocycles. The molecule has 3 rings (SSSR count). The number of para-hydroxylation sites is 1. The van der Waals surface area contributed by atoms with Crippen LogP contribution in [0.25, 0.3) is 0 Å². The van der Waals surface area contributed by atoms with Crippen LogP contribution in [0.4, 0.5) is 0 Å². The molecule has 0 radical (unpaired) electrons. The molecular weight excluding hydrogens is 350 g/mol. The second-order valence-electron chi connectivity index (χ2n) is 5.94. The van der Waals surface area contributed by atoms with Crippen LogP contribution in [0, 0.1) is 0 Å². The number of nitrogens with one attached hydrogen (secondary N) is 1. The molecule has 6 heteroatoms. The summed E-state index contributed by atoms with van der Waals surface area (Å²) >= 11 is 5.91. The van der Waals surface area contributed by atoms with Crippen LogP contribution in [-0.4, -0.2) is 22.6 Å². The van der Waals surface area contributed by atoms with Crippen molar-refractivity contribution in [3.63, 3.8) is 0 Å². The minimum absolute atomic E-state index is 0.105. The van der Waals surface area contributed by atoms with Gasteiger partial charge in [0.15, 0.2) is 0 Å². The summed E-state index contributed by atoms with van der Waals surface area (Å²) < 4.78 is 7.36. The number of methoxy groups -OCH3 is 1. The van der Waals surface area contributed by atoms with Crippen LogP contribution in [0.15, 0.2) is 60.9 Å². The maximum Gasteiger partial charge on any atom is 0.225 e. The van der Waals surface area contributed by atoms with Gasteiger partial charge in [-0.3, -0.25) is 4.79 Å². The molecule has 1 aromatic heterocycles. The first-order valence-electron chi connectivity index (χ1n) is 8.22. The Kier molecular flexibility index (Phi) is 5.58. The quantitative estimate of drug-likeness (QED) is 0.723. The molecule has 0 spiro atoms. The molecular formula is C20H20ClN3O2. The number of hydrogen-bond donors (Lipinski definition) is 1. The van der Waals surface area contributed by atoms with Gasteiger partial charge in [-0.05, 0) is 23.8 Å². The van der Waals surface area contributed by atoms with Crippen molar-refractivity contribution in [2.24, 2.45) is 7.05 Å². The number of imidazole rings is 1. The summed E-state index contributed by atoms with van der Waals surface area (Å²) in [6.07, 6.45) is 3.82. The Labute approximate surface area is 157 Å². The van der Waals surface area contributed by atoms with Gasteiger partial charge in [0.1, 0.15) is 17.6 Å². The summed E-state index contributed by atoms with van der Waals surface area (Å²) in [7, 11) is 3.51. The highest BCUT2D eigenvalue weighted by Crippen LogP contribution is 2.29. The lowest BCUT2D eigenvalue weighted by Crippen LogP contribution is -2.32. The van der Waals surface area contributed by atoms with Crippen molar-refractivity contribution in [1.29, 1.82) is 0 Å². The van der Waals surface area contributed by atoms with Crippen LogP contribution in [-0.2, 0) is 18.3 Å². The second kappa shape index (κ2) is 8.06. The lowest BCUT2D eigenvalue weighted by Gasteiger charge is -2.21. The topological polar surface area (TPSA) is 56.1 Å². The van der Waals surface area contributed by atoms with Gasteiger partial charge >= 0.3 is 0 Å². The fourth-order valence-electron chi connectivity index (χ4n) is 2.84. The standard InChI is InChI=1S/C20H20ClN3O2/c1-24-12-11-22-20(24)19(16-5-3-4-6-17(16)26-2)23-18(25)13-14-7-9-15(21)10-8-14/h3-12,19H,13H2,1-2H3,(H,23,25). The summed E-state index contributed by atoms with van der Waals surface area (Å²) in [6, 6.07) is 14.5. The fourth-order valence-corrected chi connectivity index (χ4v) is 2.97. The average Bonchev–Trinajstić information content (AvgIpc) is 3.07. The minimum Gasteiger partial charge on any atom is -0.496 e. The normalized spacial score (nSPS) is 11.8. The smallest absolute Gasteiger partial charge is 0.225 e. The van der Waals surface area contributed by atoms with Gasteiger partial charge in [-0.1, -0.05) is 41.9 Å². The molecule has 1 amide bonds. The number of aromatic nitrogens is 2. The number of hydrogen-bond acceptors (Lipinski definition) is 3. The third-order valence-electron chi connectivity index (χ3n) is 4.15. The van der Waals surface area contributed by atoms with Gasteiger partial charge in [0.2, 0.25) is 5.91 Å². The van der Waals surface area contributed by atoms with Crippen molar-refractivity contribution in [2.45, 2.75) is 12.5 Å². The van der Waals surface area contributed by atoms with Crippen molar-refractivity contribution < 1.29 is 9.53 Å². The second-order valence-corrected chi connectivity index (χ2v) is 6.38. The van der Waals surface area contributed by atoms with Crippen LogP contribution < -0.4 is 10.1 Å². The molecule has 1 atom stereocenters. The monoisotopic (exact) mass is 369 g/mol. The molecule has 3 aromatic rings. The number of halogens is 1. The third-order valence-corrected chi connectivity index (χ3v) is 4.40. The Hall–Kier alpha value is -2.79. The van der Waals surface area contributed by atoms with Gasteiger partial charge in [0.25, 0.3) is 0 Å². The number of rotatable bonds is 6. The van der Waals surface area contributed by atoms with Gasteiger partial charge in [-0.25, -0.2) is 4.98 Å². The van der Waals surface area contributed by atoms with E-state index in [1.807, 2.05) is 54.2 Å². The highest BCUT2D eigenvalue weighted by Gasteiger charge is 2.23. The Bertz CT molecular complexity index is 890. The molecule has 1 unspecified atom stereocenters. The minimum atomic E-state index is -0.411. The van der Waals surface area contributed by atoms with E-state index in [9.17, 15) is 4.79 Å². The summed E-state index contributed by atoms with van der Waals surface area (Å²) in [6.45, 7) is 0. The van der Waals surface area contributed by atoms with Crippen molar-refractivity contribution in [1.82, 2.24) is 14.9 Å². The highest BCUT2D eigenvalue weighted by atomic mass is 35.5. The number of carbonyl (C=O) groups is 1. The Morgan fingerprint density at radius 3 is 2.62 bits per heavy atom. The lowest BCUT2D eigenvalue weighted by atomic mass is 10.0. The SMILES string of the molecule is COc1ccccc1C(NC(=O)Cc1ccc(Cl)cc1)c1nccn1C. The Balaban J connectivity index is 1.88. The van der Waals surface area contributed by atoms with Crippen LogP contribution in [0.2, 0.25) is 5.02 Å². The highest BCUT2D eigenvalue weighted by molar-refractivity contribution is 6.30. The molecule has 0 aliphatic heterocycles. The first-order chi connectivity index (χ1) is 12.6. The van der Waals surface area contributed by atoms with E-state index < -0.39 is 6.04 Å². The van der Waals surface area contributed by atoms with E-state index in [2.05, 4.69) is 10.3 Å². The van der Waals surface area contributed by atoms with E-state index in [1.165, 1.54) is 0 Å². The number of nitrogens with zero attached hydrogens (tertiary/aromatic N) is 2. The predicted molar refractivity (Wildman–Crippen MR) is 101 cm³/mol. The zero-order valence-electron chi connectivity index (χ0n) is 14.6. The van der Waals surface area contributed by atoms with Crippen molar-refractivity contribution in [3.05, 3.63) is 82.9 Å². The zero-order chi connectivity index (χ0) is 18.5. The molecule has 0 saturated carbocycles. The summed E-state index contributed by atoms with van der Waals surface area (Å²) in [5.74, 6) is 1.33. The summed E-state index contributed by atoms with van der Waals surface area (Å²) in [4.78, 5) is 17.1. The van der Waals surface area contributed by atoms with Gasteiger partial charge < -0.3 is 14.6 Å². The number of carbonyl (C=O) groups excluding carboxylic acids is 1. The number of aryl methyl sites for hydroxylation is 1. The Morgan fingerprint density at radius 1 is 1.23 bits per heavy atom. The largest absolute Gasteiger partial charge is 0.496 e. The first kappa shape index (κ1) is 18.0. The van der Waals surface area contributed by atoms with Crippen molar-refractivity contribution in [3.8, 4) is 5.75 Å². The molecule has 2 aromatic carbocycles. The first-order valence-corrected chi connectivity index (χ1v) is 8.60. The van der Waals surface area contributed by atoms with Gasteiger partial charge in [-0.2, -0.15) is 0 Å². The van der Waals surface area contributed by atoms with E-state index in [1.54, 1.807) is 25.4 Å². The molecule has 5 nitrogen and oxygen atoms in total. The predicted octanol–water partition coefficient (Wildman–Crippen LogP) is 3.53. The van der Waals surface area contributed by atoms with Crippen LogP contribution >= 0.6 is 11.6 Å². The number of ether oxygens (including phenoxy) is 1. The summed E-state index contributed by atoms with van der Waals surface area (Å²) in [5, 5.41) is 3.73. The lowest BCUT2D eigenvalue weighted by molar-refractivity contribution is -0.121. The van der Waals surface area contributed by atoms with Crippen molar-refractivity contribution >= 4 is 17.5 Å². The molecule has 26 heavy (non-hydrogen) atoms. The van der Waals surface area contributed by atoms with E-state index in [4.69, 9.17) is 16.3 Å². The number of benzene rings is 2. The van der Waals surface area contributed by atoms with Gasteiger partial charge in [0, 0.05) is 30.0 Å². The fraction of sp³-hybridized carbons (Fsp3) is 0.200. The molecule has 134 valence electrons. The van der Waals surface area contributed by atoms with Crippen LogP contribution in [0.5, 0.6) is 5.75 Å². The van der Waals surface area contributed by atoms with Crippen LogP contribution in [0.3, 0.4) is 0 Å². The van der Waals surface area contributed by atoms with E-state index >= 15 is 0 Å².